The molecule has 0 aliphatic heterocycles. The second kappa shape index (κ2) is 4.51. The van der Waals surface area contributed by atoms with Gasteiger partial charge in [-0.2, -0.15) is 0 Å². The number of hydrogen-bond acceptors (Lipinski definition) is 3. The summed E-state index contributed by atoms with van der Waals surface area (Å²) in [6.07, 6.45) is 0. The van der Waals surface area contributed by atoms with Crippen molar-refractivity contribution in [2.24, 2.45) is 0 Å². The van der Waals surface area contributed by atoms with Crippen molar-refractivity contribution in [3.63, 3.8) is 0 Å². The fourth-order valence-corrected chi connectivity index (χ4v) is 1.08. The Bertz CT molecular complexity index is 437. The van der Waals surface area contributed by atoms with E-state index in [-0.39, 0.29) is 16.2 Å². The zero-order valence-corrected chi connectivity index (χ0v) is 7.25. The topological polar surface area (TPSA) is 49.7 Å². The molecular weight excluding hydrogens is 190 g/mol. The Morgan fingerprint density at radius 1 is 1.62 bits per heavy atom. The largest absolute Gasteiger partial charge is 0.494 e. The van der Waals surface area contributed by atoms with Crippen LogP contribution in [0.2, 0.25) is 5.02 Å². The molecule has 70 valence electrons. The molecule has 0 spiro atoms. The van der Waals surface area contributed by atoms with Crippen molar-refractivity contribution in [3.05, 3.63) is 23.2 Å². The Kier molecular flexibility index (Phi) is 1.82. The minimum absolute atomic E-state index is 0.0289. The molecule has 0 fully saturated rings. The first-order valence-corrected chi connectivity index (χ1v) is 3.76. The fraction of sp³-hybridized carbons (Fsp3) is 0.250. The maximum absolute atomic E-state index is 8.97. The van der Waals surface area contributed by atoms with Crippen LogP contribution in [-0.4, -0.2) is 23.7 Å². The van der Waals surface area contributed by atoms with E-state index in [1.807, 2.05) is 0 Å². The molecule has 0 aromatic heterocycles. The molecule has 0 radical (unpaired) electrons. The van der Waals surface area contributed by atoms with Crippen LogP contribution >= 0.6 is 11.6 Å². The predicted octanol–water partition coefficient (Wildman–Crippen LogP) is 0.418. The van der Waals surface area contributed by atoms with Crippen LogP contribution in [-0.2, 0) is 0 Å². The molecule has 0 unspecified atom stereocenters. The Hall–Kier alpha value is -0.705. The first-order chi connectivity index (χ1) is 8.03. The van der Waals surface area contributed by atoms with Gasteiger partial charge in [-0.15, -0.1) is 0 Å². The van der Waals surface area contributed by atoms with Gasteiger partial charge in [-0.05, 0) is 30.5 Å². The van der Waals surface area contributed by atoms with Gasteiger partial charge >= 0.3 is 7.12 Å². The number of halogens is 1. The minimum atomic E-state index is -2.98. The number of rotatable bonds is 3. The van der Waals surface area contributed by atoms with E-state index >= 15 is 0 Å². The third-order valence-corrected chi connectivity index (χ3v) is 1.58. The summed E-state index contributed by atoms with van der Waals surface area (Å²) in [6.45, 7) is -5.89. The zero-order chi connectivity index (χ0) is 14.1. The lowest BCUT2D eigenvalue weighted by atomic mass is 9.80. The smallest absolute Gasteiger partial charge is 0.488 e. The average molecular weight is 205 g/mol. The van der Waals surface area contributed by atoms with Gasteiger partial charge in [-0.3, -0.25) is 0 Å². The van der Waals surface area contributed by atoms with Gasteiger partial charge in [0, 0.05) is 9.13 Å². The van der Waals surface area contributed by atoms with Gasteiger partial charge in [0.2, 0.25) is 0 Å². The van der Waals surface area contributed by atoms with Crippen LogP contribution in [0.25, 0.3) is 0 Å². The quantitative estimate of drug-likeness (QED) is 0.703. The van der Waals surface area contributed by atoms with Crippen LogP contribution in [0.5, 0.6) is 5.75 Å². The van der Waals surface area contributed by atoms with E-state index in [0.29, 0.717) is 0 Å². The van der Waals surface area contributed by atoms with E-state index in [4.69, 9.17) is 33.2 Å². The van der Waals surface area contributed by atoms with E-state index < -0.39 is 20.5 Å². The molecule has 0 atom stereocenters. The van der Waals surface area contributed by atoms with E-state index in [2.05, 4.69) is 0 Å². The highest BCUT2D eigenvalue weighted by molar-refractivity contribution is 6.59. The lowest BCUT2D eigenvalue weighted by molar-refractivity contribution is 0.340. The molecule has 2 N–H and O–H groups in total. The molecule has 0 aliphatic carbocycles. The first kappa shape index (κ1) is 5.24. The van der Waals surface area contributed by atoms with Crippen molar-refractivity contribution in [2.45, 2.75) is 6.85 Å². The molecule has 0 bridgehead atoms. The van der Waals surface area contributed by atoms with Crippen molar-refractivity contribution < 1.29 is 21.6 Å². The van der Waals surface area contributed by atoms with Gasteiger partial charge in [0.15, 0.2) is 0 Å². The van der Waals surface area contributed by atoms with Gasteiger partial charge in [-0.25, -0.2) is 0 Å². The average Bonchev–Trinajstić information content (AvgIpc) is 2.13. The Labute approximate surface area is 89.1 Å². The Morgan fingerprint density at radius 3 is 3.00 bits per heavy atom. The molecule has 0 amide bonds. The summed E-state index contributed by atoms with van der Waals surface area (Å²) < 4.78 is 40.2. The third kappa shape index (κ3) is 2.92. The summed E-state index contributed by atoms with van der Waals surface area (Å²) in [5.41, 5.74) is -0.0289. The monoisotopic (exact) mass is 205 g/mol. The highest BCUT2D eigenvalue weighted by Gasteiger charge is 2.12. The standard InChI is InChI=1S/C8H10BClO3/c1-2-13-8-4-6(9(11)12)3-7(10)5-8/h3-5,11-12H,2H2,1H3/i1D3,2D2. The van der Waals surface area contributed by atoms with Gasteiger partial charge in [-0.1, -0.05) is 11.6 Å². The summed E-state index contributed by atoms with van der Waals surface area (Å²) in [7, 11) is -1.82. The highest BCUT2D eigenvalue weighted by atomic mass is 35.5. The van der Waals surface area contributed by atoms with Crippen molar-refractivity contribution in [1.82, 2.24) is 0 Å². The highest BCUT2D eigenvalue weighted by Crippen LogP contribution is 2.15. The normalized spacial score (nSPS) is 17.6. The minimum Gasteiger partial charge on any atom is -0.494 e. The van der Waals surface area contributed by atoms with E-state index in [1.165, 1.54) is 12.1 Å². The van der Waals surface area contributed by atoms with Crippen LogP contribution < -0.4 is 10.2 Å². The van der Waals surface area contributed by atoms with Crippen LogP contribution in [0.15, 0.2) is 18.2 Å². The van der Waals surface area contributed by atoms with Gasteiger partial charge in [0.05, 0.1) is 9.30 Å². The lowest BCUT2D eigenvalue weighted by Crippen LogP contribution is -2.29. The van der Waals surface area contributed by atoms with Gasteiger partial charge < -0.3 is 14.8 Å². The predicted molar refractivity (Wildman–Crippen MR) is 52.4 cm³/mol. The SMILES string of the molecule is [2H]C([2H])([2H])C([2H])([2H])Oc1cc(Cl)cc(B(O)O)c1. The molecular formula is C8H10BClO3. The molecule has 0 heterocycles. The van der Waals surface area contributed by atoms with Crippen LogP contribution in [0.1, 0.15) is 13.7 Å². The molecule has 0 saturated carbocycles. The van der Waals surface area contributed by atoms with Crippen LogP contribution in [0.3, 0.4) is 0 Å². The molecule has 0 saturated heterocycles. The summed E-state index contributed by atoms with van der Waals surface area (Å²) in [5, 5.41) is 18.0. The maximum Gasteiger partial charge on any atom is 0.488 e. The van der Waals surface area contributed by atoms with Crippen LogP contribution in [0, 0.1) is 0 Å². The summed E-state index contributed by atoms with van der Waals surface area (Å²) in [6, 6.07) is 3.51. The Morgan fingerprint density at radius 2 is 2.38 bits per heavy atom. The summed E-state index contributed by atoms with van der Waals surface area (Å²) >= 11 is 5.67. The van der Waals surface area contributed by atoms with Crippen molar-refractivity contribution in [2.75, 3.05) is 6.56 Å². The third-order valence-electron chi connectivity index (χ3n) is 1.36. The van der Waals surface area contributed by atoms with Gasteiger partial charge in [0.1, 0.15) is 5.75 Å². The number of ether oxygens (including phenoxy) is 1. The second-order valence-corrected chi connectivity index (χ2v) is 2.73. The number of hydrogen-bond donors (Lipinski definition) is 2. The van der Waals surface area contributed by atoms with E-state index in [9.17, 15) is 0 Å². The maximum atomic E-state index is 8.97. The van der Waals surface area contributed by atoms with Crippen molar-refractivity contribution >= 4 is 24.2 Å². The van der Waals surface area contributed by atoms with Crippen LogP contribution in [0.4, 0.5) is 0 Å². The van der Waals surface area contributed by atoms with Crippen molar-refractivity contribution in [1.29, 1.82) is 0 Å². The number of benzene rings is 1. The van der Waals surface area contributed by atoms with E-state index in [0.717, 1.165) is 6.07 Å². The fourth-order valence-electron chi connectivity index (χ4n) is 0.851. The Balaban J connectivity index is 3.05. The molecule has 1 rings (SSSR count). The van der Waals surface area contributed by atoms with Crippen molar-refractivity contribution in [3.8, 4) is 5.75 Å². The first-order valence-electron chi connectivity index (χ1n) is 5.88. The molecule has 5 heteroatoms. The van der Waals surface area contributed by atoms with E-state index in [1.54, 1.807) is 0 Å². The lowest BCUT2D eigenvalue weighted by Gasteiger charge is -2.06. The molecule has 1 aromatic rings. The molecule has 1 aromatic carbocycles. The molecule has 0 aliphatic rings. The summed E-state index contributed by atoms with van der Waals surface area (Å²) in [5.74, 6) is -0.202. The van der Waals surface area contributed by atoms with Gasteiger partial charge in [0.25, 0.3) is 0 Å². The summed E-state index contributed by atoms with van der Waals surface area (Å²) in [4.78, 5) is 0. The zero-order valence-electron chi connectivity index (χ0n) is 11.5. The molecule has 13 heavy (non-hydrogen) atoms. The molecule has 3 nitrogen and oxygen atoms in total. The second-order valence-electron chi connectivity index (χ2n) is 2.30.